The van der Waals surface area contributed by atoms with E-state index in [2.05, 4.69) is 35.8 Å². The minimum atomic E-state index is -0.0789. The van der Waals surface area contributed by atoms with Crippen LogP contribution >= 0.6 is 0 Å². The molecule has 2 unspecified atom stereocenters. The maximum absolute atomic E-state index is 9.22. The number of rotatable bonds is 4. The minimum absolute atomic E-state index is 0.0720. The third-order valence-electron chi connectivity index (χ3n) is 3.65. The van der Waals surface area contributed by atoms with Crippen LogP contribution in [0.25, 0.3) is 0 Å². The van der Waals surface area contributed by atoms with Crippen molar-refractivity contribution in [1.29, 1.82) is 0 Å². The van der Waals surface area contributed by atoms with Gasteiger partial charge in [-0.3, -0.25) is 4.90 Å². The Labute approximate surface area is 126 Å². The van der Waals surface area contributed by atoms with Gasteiger partial charge in [-0.15, -0.1) is 0 Å². The Balaban J connectivity index is 1.95. The molecule has 1 saturated heterocycles. The molecule has 2 N–H and O–H groups in total. The van der Waals surface area contributed by atoms with Crippen LogP contribution in [0.1, 0.15) is 24.5 Å². The van der Waals surface area contributed by atoms with Gasteiger partial charge >= 0.3 is 0 Å². The topological polar surface area (TPSA) is 52.9 Å². The van der Waals surface area contributed by atoms with Crippen molar-refractivity contribution in [1.82, 2.24) is 4.90 Å². The summed E-state index contributed by atoms with van der Waals surface area (Å²) in [5.41, 5.74) is 2.20. The summed E-state index contributed by atoms with van der Waals surface area (Å²) in [5, 5.41) is 17.9. The Hall–Kier alpha value is -1.38. The van der Waals surface area contributed by atoms with Crippen molar-refractivity contribution in [3.8, 4) is 11.8 Å². The average molecular weight is 289 g/mol. The fraction of sp³-hybridized carbons (Fsp3) is 0.529. The third-order valence-corrected chi connectivity index (χ3v) is 3.65. The van der Waals surface area contributed by atoms with Crippen LogP contribution in [-0.4, -0.2) is 53.6 Å². The molecule has 2 rings (SSSR count). The zero-order valence-electron chi connectivity index (χ0n) is 12.5. The smallest absolute Gasteiger partial charge is 0.0933 e. The number of benzene rings is 1. The molecule has 4 heteroatoms. The van der Waals surface area contributed by atoms with E-state index in [-0.39, 0.29) is 19.3 Å². The first-order valence-corrected chi connectivity index (χ1v) is 7.38. The number of nitrogens with zero attached hydrogens (tertiary/aromatic N) is 1. The van der Waals surface area contributed by atoms with E-state index in [1.54, 1.807) is 0 Å². The highest BCUT2D eigenvalue weighted by molar-refractivity contribution is 5.36. The first kappa shape index (κ1) is 16.0. The molecule has 21 heavy (non-hydrogen) atoms. The van der Waals surface area contributed by atoms with Gasteiger partial charge in [0.25, 0.3) is 0 Å². The average Bonchev–Trinajstić information content (AvgIpc) is 2.51. The van der Waals surface area contributed by atoms with E-state index in [0.717, 1.165) is 18.7 Å². The Kier molecular flexibility index (Phi) is 6.21. The van der Waals surface area contributed by atoms with Crippen LogP contribution in [0.4, 0.5) is 0 Å². The van der Waals surface area contributed by atoms with Gasteiger partial charge in [0.1, 0.15) is 0 Å². The van der Waals surface area contributed by atoms with Gasteiger partial charge in [-0.2, -0.15) is 0 Å². The second-order valence-corrected chi connectivity index (χ2v) is 5.39. The quantitative estimate of drug-likeness (QED) is 0.812. The van der Waals surface area contributed by atoms with Crippen LogP contribution in [0.15, 0.2) is 24.3 Å². The van der Waals surface area contributed by atoms with Crippen molar-refractivity contribution in [2.75, 3.05) is 26.4 Å². The fourth-order valence-corrected chi connectivity index (χ4v) is 2.35. The van der Waals surface area contributed by atoms with Gasteiger partial charge in [0, 0.05) is 31.1 Å². The second-order valence-electron chi connectivity index (χ2n) is 5.39. The van der Waals surface area contributed by atoms with E-state index in [4.69, 9.17) is 9.84 Å². The summed E-state index contributed by atoms with van der Waals surface area (Å²) in [6.45, 7) is 4.59. The molecule has 1 aliphatic heterocycles. The Morgan fingerprint density at radius 3 is 2.71 bits per heavy atom. The Morgan fingerprint density at radius 1 is 1.29 bits per heavy atom. The molecule has 2 atom stereocenters. The predicted molar refractivity (Wildman–Crippen MR) is 81.7 cm³/mol. The van der Waals surface area contributed by atoms with Gasteiger partial charge in [0.2, 0.25) is 0 Å². The van der Waals surface area contributed by atoms with Crippen molar-refractivity contribution in [3.05, 3.63) is 35.4 Å². The van der Waals surface area contributed by atoms with Crippen LogP contribution in [0.3, 0.4) is 0 Å². The van der Waals surface area contributed by atoms with E-state index in [0.29, 0.717) is 19.1 Å². The van der Waals surface area contributed by atoms with Crippen molar-refractivity contribution < 1.29 is 14.9 Å². The number of hydrogen-bond donors (Lipinski definition) is 2. The van der Waals surface area contributed by atoms with Crippen molar-refractivity contribution >= 4 is 0 Å². The van der Waals surface area contributed by atoms with Crippen molar-refractivity contribution in [3.63, 3.8) is 0 Å². The lowest BCUT2D eigenvalue weighted by atomic mass is 10.1. The molecule has 0 aromatic heterocycles. The number of hydrogen-bond acceptors (Lipinski definition) is 4. The van der Waals surface area contributed by atoms with Crippen LogP contribution in [0, 0.1) is 11.8 Å². The van der Waals surface area contributed by atoms with Gasteiger partial charge < -0.3 is 14.9 Å². The molecule has 1 aromatic carbocycles. The van der Waals surface area contributed by atoms with Crippen LogP contribution in [0.2, 0.25) is 0 Å². The lowest BCUT2D eigenvalue weighted by Crippen LogP contribution is -2.48. The molecule has 114 valence electrons. The zero-order chi connectivity index (χ0) is 15.1. The molecule has 0 spiro atoms. The van der Waals surface area contributed by atoms with E-state index >= 15 is 0 Å². The Morgan fingerprint density at radius 2 is 2.05 bits per heavy atom. The summed E-state index contributed by atoms with van der Waals surface area (Å²) in [5.74, 6) is 5.94. The summed E-state index contributed by atoms with van der Waals surface area (Å²) >= 11 is 0. The first-order chi connectivity index (χ1) is 10.2. The summed E-state index contributed by atoms with van der Waals surface area (Å²) in [7, 11) is 0. The van der Waals surface area contributed by atoms with Gasteiger partial charge in [-0.25, -0.2) is 0 Å². The van der Waals surface area contributed by atoms with E-state index in [9.17, 15) is 5.11 Å². The monoisotopic (exact) mass is 289 g/mol. The highest BCUT2D eigenvalue weighted by Gasteiger charge is 2.25. The lowest BCUT2D eigenvalue weighted by molar-refractivity contribution is -0.0805. The molecule has 1 aliphatic rings. The first-order valence-electron chi connectivity index (χ1n) is 7.38. The highest BCUT2D eigenvalue weighted by atomic mass is 16.5. The molecule has 0 aliphatic carbocycles. The molecule has 0 bridgehead atoms. The summed E-state index contributed by atoms with van der Waals surface area (Å²) in [4.78, 5) is 2.33. The van der Waals surface area contributed by atoms with Crippen LogP contribution in [-0.2, 0) is 11.3 Å². The molecule has 0 radical (unpaired) electrons. The molecule has 4 nitrogen and oxygen atoms in total. The summed E-state index contributed by atoms with van der Waals surface area (Å²) < 4.78 is 5.55. The minimum Gasteiger partial charge on any atom is -0.395 e. The van der Waals surface area contributed by atoms with Crippen molar-refractivity contribution in [2.45, 2.75) is 32.0 Å². The zero-order valence-corrected chi connectivity index (χ0v) is 12.5. The fourth-order valence-electron chi connectivity index (χ4n) is 2.35. The number of morpholine rings is 1. The molecular formula is C17H23NO3. The van der Waals surface area contributed by atoms with Crippen LogP contribution < -0.4 is 0 Å². The SMILES string of the molecule is CC1COC(CO)CN1Cc1ccc(C#CCCO)cc1. The lowest BCUT2D eigenvalue weighted by Gasteiger charge is -2.37. The number of aliphatic hydroxyl groups is 2. The molecule has 1 heterocycles. The standard InChI is InChI=1S/C17H23NO3/c1-14-13-21-17(12-20)11-18(14)10-16-7-5-15(6-8-16)4-2-3-9-19/h5-8,14,17,19-20H,3,9-13H2,1H3. The maximum atomic E-state index is 9.22. The van der Waals surface area contributed by atoms with Crippen molar-refractivity contribution in [2.24, 2.45) is 0 Å². The van der Waals surface area contributed by atoms with Gasteiger partial charge in [0.05, 0.1) is 25.9 Å². The van der Waals surface area contributed by atoms with Crippen LogP contribution in [0.5, 0.6) is 0 Å². The molecule has 0 saturated carbocycles. The van der Waals surface area contributed by atoms with E-state index < -0.39 is 0 Å². The van der Waals surface area contributed by atoms with Gasteiger partial charge in [0.15, 0.2) is 0 Å². The summed E-state index contributed by atoms with van der Waals surface area (Å²) in [6, 6.07) is 8.54. The largest absolute Gasteiger partial charge is 0.395 e. The normalized spacial score (nSPS) is 22.6. The van der Waals surface area contributed by atoms with Gasteiger partial charge in [-0.05, 0) is 24.6 Å². The van der Waals surface area contributed by atoms with E-state index in [1.165, 1.54) is 5.56 Å². The predicted octanol–water partition coefficient (Wildman–Crippen LogP) is 1.00. The van der Waals surface area contributed by atoms with Gasteiger partial charge in [-0.1, -0.05) is 24.0 Å². The molecule has 0 amide bonds. The molecule has 1 fully saturated rings. The number of aliphatic hydroxyl groups excluding tert-OH is 2. The van der Waals surface area contributed by atoms with E-state index in [1.807, 2.05) is 12.1 Å². The highest BCUT2D eigenvalue weighted by Crippen LogP contribution is 2.15. The molecule has 1 aromatic rings. The third kappa shape index (κ3) is 4.83. The second kappa shape index (κ2) is 8.16. The number of ether oxygens (including phenoxy) is 1. The summed E-state index contributed by atoms with van der Waals surface area (Å²) in [6.07, 6.45) is 0.431. The maximum Gasteiger partial charge on any atom is 0.0933 e. The molecular weight excluding hydrogens is 266 g/mol. The Bertz CT molecular complexity index is 489.